The molecule has 19 heavy (non-hydrogen) atoms. The van der Waals surface area contributed by atoms with Gasteiger partial charge in [-0.05, 0) is 37.2 Å². The second kappa shape index (κ2) is 5.12. The topological polar surface area (TPSA) is 30.5 Å². The van der Waals surface area contributed by atoms with Crippen LogP contribution in [-0.2, 0) is 0 Å². The molecule has 3 unspecified atom stereocenters. The Morgan fingerprint density at radius 2 is 1.89 bits per heavy atom. The average Bonchev–Trinajstić information content (AvgIpc) is 3.01. The van der Waals surface area contributed by atoms with Crippen molar-refractivity contribution in [1.82, 2.24) is 0 Å². The smallest absolute Gasteiger partial charge is 0.145 e. The van der Waals surface area contributed by atoms with Crippen molar-refractivity contribution in [2.75, 3.05) is 19.5 Å². The van der Waals surface area contributed by atoms with Crippen LogP contribution in [0.4, 0.5) is 5.69 Å². The Balaban J connectivity index is 1.82. The van der Waals surface area contributed by atoms with Gasteiger partial charge in [0.25, 0.3) is 0 Å². The van der Waals surface area contributed by atoms with Gasteiger partial charge in [-0.25, -0.2) is 0 Å². The van der Waals surface area contributed by atoms with Gasteiger partial charge in [-0.3, -0.25) is 0 Å². The lowest BCUT2D eigenvalue weighted by Gasteiger charge is -2.25. The zero-order valence-corrected chi connectivity index (χ0v) is 12.2. The van der Waals surface area contributed by atoms with Gasteiger partial charge in [0.1, 0.15) is 11.5 Å². The molecule has 2 aliphatic carbocycles. The molecule has 0 amide bonds. The highest BCUT2D eigenvalue weighted by Crippen LogP contribution is 2.46. The second-order valence-electron chi connectivity index (χ2n) is 5.61. The Morgan fingerprint density at radius 3 is 2.47 bits per heavy atom. The predicted octanol–water partition coefficient (Wildman–Crippen LogP) is 3.96. The molecule has 2 bridgehead atoms. The summed E-state index contributed by atoms with van der Waals surface area (Å²) >= 11 is 6.20. The van der Waals surface area contributed by atoms with E-state index in [2.05, 4.69) is 5.32 Å². The quantitative estimate of drug-likeness (QED) is 0.906. The van der Waals surface area contributed by atoms with Crippen LogP contribution >= 0.6 is 11.6 Å². The molecule has 0 aromatic heterocycles. The first-order valence-electron chi connectivity index (χ1n) is 6.89. The van der Waals surface area contributed by atoms with Crippen LogP contribution in [-0.4, -0.2) is 20.3 Å². The zero-order valence-electron chi connectivity index (χ0n) is 11.4. The molecule has 3 nitrogen and oxygen atoms in total. The zero-order chi connectivity index (χ0) is 13.4. The molecule has 2 saturated carbocycles. The number of rotatable bonds is 4. The van der Waals surface area contributed by atoms with E-state index in [-0.39, 0.29) is 0 Å². The summed E-state index contributed by atoms with van der Waals surface area (Å²) in [4.78, 5) is 0. The van der Waals surface area contributed by atoms with Crippen molar-refractivity contribution in [3.63, 3.8) is 0 Å². The number of methoxy groups -OCH3 is 2. The fourth-order valence-corrected chi connectivity index (χ4v) is 3.83. The SMILES string of the molecule is COc1cc(OC)c(NC2CC3CCC2C3)cc1Cl. The molecule has 0 aliphatic heterocycles. The van der Waals surface area contributed by atoms with Gasteiger partial charge in [0.05, 0.1) is 24.9 Å². The van der Waals surface area contributed by atoms with Crippen LogP contribution in [0, 0.1) is 11.8 Å². The van der Waals surface area contributed by atoms with Gasteiger partial charge < -0.3 is 14.8 Å². The summed E-state index contributed by atoms with van der Waals surface area (Å²) in [5.41, 5.74) is 0.978. The maximum absolute atomic E-state index is 6.20. The van der Waals surface area contributed by atoms with Crippen molar-refractivity contribution < 1.29 is 9.47 Å². The molecule has 1 N–H and O–H groups in total. The predicted molar refractivity (Wildman–Crippen MR) is 77.4 cm³/mol. The fourth-order valence-electron chi connectivity index (χ4n) is 3.59. The standard InChI is InChI=1S/C15H20ClNO2/c1-18-14-8-15(19-2)13(7-11(14)16)17-12-6-9-3-4-10(12)5-9/h7-10,12,17H,3-6H2,1-2H3. The minimum Gasteiger partial charge on any atom is -0.495 e. The van der Waals surface area contributed by atoms with Crippen LogP contribution in [0.1, 0.15) is 25.7 Å². The van der Waals surface area contributed by atoms with Crippen LogP contribution in [0.3, 0.4) is 0 Å². The van der Waals surface area contributed by atoms with Crippen molar-refractivity contribution in [1.29, 1.82) is 0 Å². The van der Waals surface area contributed by atoms with Crippen LogP contribution in [0.15, 0.2) is 12.1 Å². The first kappa shape index (κ1) is 12.9. The lowest BCUT2D eigenvalue weighted by Crippen LogP contribution is -2.26. The van der Waals surface area contributed by atoms with Crippen molar-refractivity contribution in [3.8, 4) is 11.5 Å². The molecule has 0 saturated heterocycles. The summed E-state index contributed by atoms with van der Waals surface area (Å²) in [7, 11) is 3.29. The van der Waals surface area contributed by atoms with E-state index in [4.69, 9.17) is 21.1 Å². The Kier molecular flexibility index (Phi) is 3.48. The number of anilines is 1. The van der Waals surface area contributed by atoms with Gasteiger partial charge in [0.2, 0.25) is 0 Å². The third-order valence-electron chi connectivity index (χ3n) is 4.55. The maximum atomic E-state index is 6.20. The number of nitrogens with one attached hydrogen (secondary N) is 1. The fraction of sp³-hybridized carbons (Fsp3) is 0.600. The number of hydrogen-bond acceptors (Lipinski definition) is 3. The minimum absolute atomic E-state index is 0.567. The third kappa shape index (κ3) is 2.36. The molecule has 2 aliphatic rings. The van der Waals surface area contributed by atoms with Crippen molar-refractivity contribution in [2.24, 2.45) is 11.8 Å². The molecule has 1 aromatic carbocycles. The maximum Gasteiger partial charge on any atom is 0.145 e. The van der Waals surface area contributed by atoms with Gasteiger partial charge in [-0.1, -0.05) is 18.0 Å². The Labute approximate surface area is 119 Å². The van der Waals surface area contributed by atoms with E-state index in [1.54, 1.807) is 14.2 Å². The van der Waals surface area contributed by atoms with E-state index in [1.807, 2.05) is 12.1 Å². The lowest BCUT2D eigenvalue weighted by molar-refractivity contribution is 0.393. The first-order chi connectivity index (χ1) is 9.21. The molecule has 3 rings (SSSR count). The number of benzene rings is 1. The Morgan fingerprint density at radius 1 is 1.11 bits per heavy atom. The van der Waals surface area contributed by atoms with E-state index >= 15 is 0 Å². The molecule has 0 heterocycles. The Bertz CT molecular complexity index is 477. The van der Waals surface area contributed by atoms with Crippen molar-refractivity contribution in [2.45, 2.75) is 31.7 Å². The van der Waals surface area contributed by atoms with Gasteiger partial charge >= 0.3 is 0 Å². The monoisotopic (exact) mass is 281 g/mol. The number of halogens is 1. The molecule has 0 radical (unpaired) electrons. The van der Waals surface area contributed by atoms with Crippen molar-refractivity contribution in [3.05, 3.63) is 17.2 Å². The van der Waals surface area contributed by atoms with Gasteiger partial charge in [-0.2, -0.15) is 0 Å². The Hall–Kier alpha value is -1.09. The molecule has 4 heteroatoms. The van der Waals surface area contributed by atoms with E-state index in [0.717, 1.165) is 23.3 Å². The molecule has 2 fully saturated rings. The van der Waals surface area contributed by atoms with Crippen LogP contribution in [0.5, 0.6) is 11.5 Å². The summed E-state index contributed by atoms with van der Waals surface area (Å²) < 4.78 is 10.7. The normalized spacial score (nSPS) is 28.5. The molecule has 3 atom stereocenters. The van der Waals surface area contributed by atoms with E-state index in [1.165, 1.54) is 25.7 Å². The average molecular weight is 282 g/mol. The summed E-state index contributed by atoms with van der Waals surface area (Å²) in [5, 5.41) is 4.24. The van der Waals surface area contributed by atoms with Gasteiger partial charge in [0.15, 0.2) is 0 Å². The van der Waals surface area contributed by atoms with E-state index < -0.39 is 0 Å². The van der Waals surface area contributed by atoms with Crippen LogP contribution in [0.2, 0.25) is 5.02 Å². The molecule has 0 spiro atoms. The molecular formula is C15H20ClNO2. The number of hydrogen-bond donors (Lipinski definition) is 1. The molecule has 104 valence electrons. The van der Waals surface area contributed by atoms with Gasteiger partial charge in [0, 0.05) is 12.1 Å². The number of fused-ring (bicyclic) bond motifs is 2. The van der Waals surface area contributed by atoms with E-state index in [0.29, 0.717) is 16.8 Å². The van der Waals surface area contributed by atoms with Crippen LogP contribution in [0.25, 0.3) is 0 Å². The highest BCUT2D eigenvalue weighted by Gasteiger charge is 2.39. The van der Waals surface area contributed by atoms with Crippen molar-refractivity contribution >= 4 is 17.3 Å². The summed E-state index contributed by atoms with van der Waals surface area (Å²) in [5.74, 6) is 3.18. The lowest BCUT2D eigenvalue weighted by atomic mass is 9.95. The largest absolute Gasteiger partial charge is 0.495 e. The first-order valence-corrected chi connectivity index (χ1v) is 7.27. The second-order valence-corrected chi connectivity index (χ2v) is 6.02. The number of ether oxygens (including phenoxy) is 2. The molecular weight excluding hydrogens is 262 g/mol. The summed E-state index contributed by atoms with van der Waals surface area (Å²) in [6.07, 6.45) is 5.42. The minimum atomic E-state index is 0.567. The summed E-state index contributed by atoms with van der Waals surface area (Å²) in [6, 6.07) is 4.32. The summed E-state index contributed by atoms with van der Waals surface area (Å²) in [6.45, 7) is 0. The highest BCUT2D eigenvalue weighted by atomic mass is 35.5. The third-order valence-corrected chi connectivity index (χ3v) is 4.85. The van der Waals surface area contributed by atoms with E-state index in [9.17, 15) is 0 Å². The van der Waals surface area contributed by atoms with Crippen LogP contribution < -0.4 is 14.8 Å². The highest BCUT2D eigenvalue weighted by molar-refractivity contribution is 6.32. The van der Waals surface area contributed by atoms with Gasteiger partial charge in [-0.15, -0.1) is 0 Å². The molecule has 1 aromatic rings.